The number of sulfone groups is 1. The molecule has 1 heterocycles. The Hall–Kier alpha value is -1.12. The summed E-state index contributed by atoms with van der Waals surface area (Å²) in [6.45, 7) is 3.17. The summed E-state index contributed by atoms with van der Waals surface area (Å²) in [6, 6.07) is 4.88. The molecule has 0 radical (unpaired) electrons. The van der Waals surface area contributed by atoms with Crippen LogP contribution in [-0.2, 0) is 9.84 Å². The largest absolute Gasteiger partial charge is 0.240 e. The maximum Gasteiger partial charge on any atom is 0.200 e. The van der Waals surface area contributed by atoms with Gasteiger partial charge in [0.2, 0.25) is 9.84 Å². The van der Waals surface area contributed by atoms with Crippen LogP contribution in [0.15, 0.2) is 17.2 Å². The molecule has 16 heavy (non-hydrogen) atoms. The highest BCUT2D eigenvalue weighted by atomic mass is 35.5. The Balaban J connectivity index is 3.44. The van der Waals surface area contributed by atoms with Crippen LogP contribution in [0.5, 0.6) is 0 Å². The lowest BCUT2D eigenvalue weighted by molar-refractivity contribution is 0.583. The summed E-state index contributed by atoms with van der Waals surface area (Å²) in [4.78, 5) is 3.92. The van der Waals surface area contributed by atoms with Crippen LogP contribution in [0, 0.1) is 18.3 Å². The summed E-state index contributed by atoms with van der Waals surface area (Å²) < 4.78 is 24.0. The minimum absolute atomic E-state index is 0.0250. The van der Waals surface area contributed by atoms with Gasteiger partial charge in [0.05, 0.1) is 10.8 Å². The van der Waals surface area contributed by atoms with Crippen LogP contribution >= 0.6 is 11.6 Å². The van der Waals surface area contributed by atoms with Gasteiger partial charge in [-0.05, 0) is 26.0 Å². The fourth-order valence-corrected chi connectivity index (χ4v) is 2.84. The standard InChI is InChI=1S/C10H11ClN2O2S/c1-7-3-4-9(6-12)10(13-7)16(14,15)8(2)5-11/h3-4,8H,5H2,1-2H3. The van der Waals surface area contributed by atoms with Crippen LogP contribution in [0.4, 0.5) is 0 Å². The number of pyridine rings is 1. The zero-order valence-electron chi connectivity index (χ0n) is 8.94. The highest BCUT2D eigenvalue weighted by molar-refractivity contribution is 7.92. The van der Waals surface area contributed by atoms with E-state index in [1.807, 2.05) is 6.07 Å². The molecule has 0 saturated carbocycles. The van der Waals surface area contributed by atoms with Crippen molar-refractivity contribution in [3.63, 3.8) is 0 Å². The van der Waals surface area contributed by atoms with E-state index in [4.69, 9.17) is 16.9 Å². The molecule has 86 valence electrons. The molecule has 4 nitrogen and oxygen atoms in total. The van der Waals surface area contributed by atoms with E-state index in [1.165, 1.54) is 13.0 Å². The lowest BCUT2D eigenvalue weighted by Gasteiger charge is -2.10. The molecule has 0 N–H and O–H groups in total. The first kappa shape index (κ1) is 12.9. The average Bonchev–Trinajstić information content (AvgIpc) is 2.27. The van der Waals surface area contributed by atoms with Crippen LogP contribution in [0.25, 0.3) is 0 Å². The van der Waals surface area contributed by atoms with Crippen molar-refractivity contribution in [2.75, 3.05) is 5.88 Å². The third-order valence-electron chi connectivity index (χ3n) is 2.14. The summed E-state index contributed by atoms with van der Waals surface area (Å²) in [5, 5.41) is 7.91. The first-order valence-electron chi connectivity index (χ1n) is 4.61. The molecule has 0 aliphatic carbocycles. The molecule has 1 aromatic rings. The van der Waals surface area contributed by atoms with Crippen LogP contribution < -0.4 is 0 Å². The van der Waals surface area contributed by atoms with E-state index >= 15 is 0 Å². The lowest BCUT2D eigenvalue weighted by atomic mass is 10.3. The van der Waals surface area contributed by atoms with E-state index < -0.39 is 15.1 Å². The van der Waals surface area contributed by atoms with Crippen LogP contribution in [0.3, 0.4) is 0 Å². The molecule has 1 unspecified atom stereocenters. The molecule has 0 saturated heterocycles. The number of nitrogens with zero attached hydrogens (tertiary/aromatic N) is 2. The van der Waals surface area contributed by atoms with E-state index in [0.29, 0.717) is 5.69 Å². The highest BCUT2D eigenvalue weighted by Crippen LogP contribution is 2.19. The summed E-state index contributed by atoms with van der Waals surface area (Å²) in [5.41, 5.74) is 0.613. The monoisotopic (exact) mass is 258 g/mol. The number of alkyl halides is 1. The van der Waals surface area contributed by atoms with E-state index in [2.05, 4.69) is 4.98 Å². The molecular weight excluding hydrogens is 248 g/mol. The zero-order chi connectivity index (χ0) is 12.3. The van der Waals surface area contributed by atoms with Crippen LogP contribution in [-0.4, -0.2) is 24.5 Å². The van der Waals surface area contributed by atoms with Gasteiger partial charge >= 0.3 is 0 Å². The van der Waals surface area contributed by atoms with Gasteiger partial charge in [0, 0.05) is 11.6 Å². The van der Waals surface area contributed by atoms with Gasteiger partial charge in [-0.3, -0.25) is 0 Å². The molecule has 0 spiro atoms. The molecule has 6 heteroatoms. The van der Waals surface area contributed by atoms with E-state index in [9.17, 15) is 8.42 Å². The molecule has 1 atom stereocenters. The van der Waals surface area contributed by atoms with Crippen molar-refractivity contribution in [2.45, 2.75) is 24.1 Å². The second-order valence-corrected chi connectivity index (χ2v) is 6.02. The lowest BCUT2D eigenvalue weighted by Crippen LogP contribution is -2.22. The van der Waals surface area contributed by atoms with E-state index in [-0.39, 0.29) is 16.5 Å². The molecular formula is C10H11ClN2O2S. The summed E-state index contributed by atoms with van der Waals surface area (Å²) in [7, 11) is -3.62. The number of rotatable bonds is 3. The van der Waals surface area contributed by atoms with Crippen molar-refractivity contribution < 1.29 is 8.42 Å². The Morgan fingerprint density at radius 3 is 2.69 bits per heavy atom. The quantitative estimate of drug-likeness (QED) is 0.773. The van der Waals surface area contributed by atoms with Gasteiger partial charge in [-0.2, -0.15) is 5.26 Å². The van der Waals surface area contributed by atoms with Crippen molar-refractivity contribution >= 4 is 21.4 Å². The van der Waals surface area contributed by atoms with Crippen molar-refractivity contribution in [1.82, 2.24) is 4.98 Å². The highest BCUT2D eigenvalue weighted by Gasteiger charge is 2.27. The van der Waals surface area contributed by atoms with E-state index in [0.717, 1.165) is 0 Å². The SMILES string of the molecule is Cc1ccc(C#N)c(S(=O)(=O)C(C)CCl)n1. The molecule has 0 aliphatic heterocycles. The molecule has 0 aliphatic rings. The smallest absolute Gasteiger partial charge is 0.200 e. The van der Waals surface area contributed by atoms with Gasteiger partial charge in [-0.25, -0.2) is 13.4 Å². The minimum atomic E-state index is -3.62. The average molecular weight is 259 g/mol. The predicted molar refractivity (Wildman–Crippen MR) is 61.1 cm³/mol. The number of nitriles is 1. The zero-order valence-corrected chi connectivity index (χ0v) is 10.5. The van der Waals surface area contributed by atoms with E-state index in [1.54, 1.807) is 13.0 Å². The molecule has 0 amide bonds. The topological polar surface area (TPSA) is 70.8 Å². The van der Waals surface area contributed by atoms with Crippen molar-refractivity contribution in [2.24, 2.45) is 0 Å². The first-order valence-corrected chi connectivity index (χ1v) is 6.69. The first-order chi connectivity index (χ1) is 7.43. The Morgan fingerprint density at radius 1 is 1.56 bits per heavy atom. The second-order valence-electron chi connectivity index (χ2n) is 3.43. The Morgan fingerprint density at radius 2 is 2.19 bits per heavy atom. The van der Waals surface area contributed by atoms with Crippen LogP contribution in [0.1, 0.15) is 18.2 Å². The molecule has 0 bridgehead atoms. The Kier molecular flexibility index (Phi) is 3.89. The maximum atomic E-state index is 12.0. The van der Waals surface area contributed by atoms with Crippen LogP contribution in [0.2, 0.25) is 0 Å². The van der Waals surface area contributed by atoms with Gasteiger partial charge in [-0.15, -0.1) is 11.6 Å². The number of hydrogen-bond acceptors (Lipinski definition) is 4. The van der Waals surface area contributed by atoms with Gasteiger partial charge in [0.1, 0.15) is 6.07 Å². The second kappa shape index (κ2) is 4.81. The van der Waals surface area contributed by atoms with Gasteiger partial charge in [0.15, 0.2) is 5.03 Å². The molecule has 1 rings (SSSR count). The molecule has 1 aromatic heterocycles. The van der Waals surface area contributed by atoms with Gasteiger partial charge in [-0.1, -0.05) is 0 Å². The van der Waals surface area contributed by atoms with Crippen molar-refractivity contribution in [1.29, 1.82) is 5.26 Å². The van der Waals surface area contributed by atoms with Crippen molar-refractivity contribution in [3.05, 3.63) is 23.4 Å². The molecule has 0 aromatic carbocycles. The fraction of sp³-hybridized carbons (Fsp3) is 0.400. The number of aromatic nitrogens is 1. The van der Waals surface area contributed by atoms with Crippen molar-refractivity contribution in [3.8, 4) is 6.07 Å². The summed E-state index contributed by atoms with van der Waals surface area (Å²) in [6.07, 6.45) is 0. The Labute approximate surface area is 99.8 Å². The van der Waals surface area contributed by atoms with Gasteiger partial charge < -0.3 is 0 Å². The summed E-state index contributed by atoms with van der Waals surface area (Å²) >= 11 is 5.53. The minimum Gasteiger partial charge on any atom is -0.240 e. The predicted octanol–water partition coefficient (Wildman–Crippen LogP) is 1.66. The summed E-state index contributed by atoms with van der Waals surface area (Å²) in [5.74, 6) is -0.0250. The third-order valence-corrected chi connectivity index (χ3v) is 4.86. The number of hydrogen-bond donors (Lipinski definition) is 0. The van der Waals surface area contributed by atoms with Gasteiger partial charge in [0.25, 0.3) is 0 Å². The fourth-order valence-electron chi connectivity index (χ4n) is 1.11. The number of halogens is 1. The Bertz CT molecular complexity index is 534. The maximum absolute atomic E-state index is 12.0. The normalized spacial score (nSPS) is 13.1. The molecule has 0 fully saturated rings. The third kappa shape index (κ3) is 2.34. The number of aryl methyl sites for hydroxylation is 1.